The lowest BCUT2D eigenvalue weighted by molar-refractivity contribution is 0.787. The van der Waals surface area contributed by atoms with Crippen molar-refractivity contribution in [3.63, 3.8) is 0 Å². The van der Waals surface area contributed by atoms with Gasteiger partial charge in [0.1, 0.15) is 0 Å². The maximum Gasteiger partial charge on any atom is 0.0534 e. The van der Waals surface area contributed by atoms with Crippen LogP contribution in [0.5, 0.6) is 0 Å². The van der Waals surface area contributed by atoms with E-state index in [4.69, 9.17) is 29.0 Å². The molecule has 0 unspecified atom stereocenters. The van der Waals surface area contributed by atoms with E-state index in [2.05, 4.69) is 21.9 Å². The molecule has 0 spiro atoms. The van der Waals surface area contributed by atoms with Crippen LogP contribution in [-0.4, -0.2) is 13.1 Å². The van der Waals surface area contributed by atoms with E-state index in [0.717, 1.165) is 29.5 Å². The minimum atomic E-state index is 0. The normalized spacial score (nSPS) is 13.0. The lowest BCUT2D eigenvalue weighted by Gasteiger charge is -2.17. The van der Waals surface area contributed by atoms with Crippen molar-refractivity contribution in [2.24, 2.45) is 5.84 Å². The van der Waals surface area contributed by atoms with Crippen molar-refractivity contribution in [3.8, 4) is 0 Å². The summed E-state index contributed by atoms with van der Waals surface area (Å²) >= 11 is 11.5. The summed E-state index contributed by atoms with van der Waals surface area (Å²) in [4.78, 5) is 0. The molecule has 1 saturated heterocycles. The summed E-state index contributed by atoms with van der Waals surface area (Å²) in [5, 5.41) is 3.61. The van der Waals surface area contributed by atoms with Crippen molar-refractivity contribution in [3.05, 3.63) is 58.6 Å². The van der Waals surface area contributed by atoms with E-state index in [-0.39, 0.29) is 7.43 Å². The highest BCUT2D eigenvalue weighted by Gasteiger charge is 2.10. The third-order valence-corrected chi connectivity index (χ3v) is 3.44. The fourth-order valence-electron chi connectivity index (χ4n) is 1.97. The first-order valence-electron chi connectivity index (χ1n) is 6.68. The van der Waals surface area contributed by atoms with Gasteiger partial charge in [0, 0.05) is 28.8 Å². The van der Waals surface area contributed by atoms with Crippen LogP contribution in [0, 0.1) is 0 Å². The lowest BCUT2D eigenvalue weighted by atomic mass is 10.3. The van der Waals surface area contributed by atoms with Crippen molar-refractivity contribution in [1.29, 1.82) is 0 Å². The number of nitrogens with zero attached hydrogens (tertiary/aromatic N) is 1. The van der Waals surface area contributed by atoms with Crippen LogP contribution in [0.4, 0.5) is 11.4 Å². The average molecular weight is 341 g/mol. The summed E-state index contributed by atoms with van der Waals surface area (Å²) in [6.07, 6.45) is 1.20. The second kappa shape index (κ2) is 9.54. The van der Waals surface area contributed by atoms with Gasteiger partial charge in [0.05, 0.1) is 5.69 Å². The molecule has 4 nitrogen and oxygen atoms in total. The van der Waals surface area contributed by atoms with Gasteiger partial charge in [-0.25, -0.2) is 5.43 Å². The Morgan fingerprint density at radius 1 is 1.05 bits per heavy atom. The van der Waals surface area contributed by atoms with Crippen molar-refractivity contribution in [2.75, 3.05) is 23.5 Å². The standard InChI is InChI=1S/C9H11ClN2.C6H7ClN2.CH4/c10-8-3-1-4-9(7-8)12-6-2-5-11-12;7-5-2-1-3-6(4-5)9-8;/h1,3-4,7,11H,2,5-6H2;1-4,9H,8H2;1H4. The molecule has 1 heterocycles. The van der Waals surface area contributed by atoms with Gasteiger partial charge in [-0.15, -0.1) is 0 Å². The van der Waals surface area contributed by atoms with E-state index in [1.165, 1.54) is 6.42 Å². The molecule has 6 heteroatoms. The van der Waals surface area contributed by atoms with Crippen molar-refractivity contribution < 1.29 is 0 Å². The molecule has 3 rings (SSSR count). The first-order valence-corrected chi connectivity index (χ1v) is 7.43. The highest BCUT2D eigenvalue weighted by Crippen LogP contribution is 2.19. The Morgan fingerprint density at radius 3 is 2.23 bits per heavy atom. The summed E-state index contributed by atoms with van der Waals surface area (Å²) in [7, 11) is 0. The van der Waals surface area contributed by atoms with Crippen molar-refractivity contribution in [2.45, 2.75) is 13.8 Å². The van der Waals surface area contributed by atoms with Crippen molar-refractivity contribution >= 4 is 34.6 Å². The van der Waals surface area contributed by atoms with Crippen LogP contribution in [-0.2, 0) is 0 Å². The van der Waals surface area contributed by atoms with Gasteiger partial charge in [0.25, 0.3) is 0 Å². The number of nitrogens with two attached hydrogens (primary N) is 1. The van der Waals surface area contributed by atoms with Crippen LogP contribution in [0.1, 0.15) is 13.8 Å². The monoisotopic (exact) mass is 340 g/mol. The molecular formula is C16H22Cl2N4. The molecule has 0 amide bonds. The third-order valence-electron chi connectivity index (χ3n) is 2.97. The molecule has 1 fully saturated rings. The number of benzene rings is 2. The predicted molar refractivity (Wildman–Crippen MR) is 97.4 cm³/mol. The highest BCUT2D eigenvalue weighted by atomic mass is 35.5. The Labute approximate surface area is 142 Å². The molecule has 1 aliphatic heterocycles. The molecule has 0 bridgehead atoms. The van der Waals surface area contributed by atoms with E-state index in [0.29, 0.717) is 5.02 Å². The average Bonchev–Trinajstić information content (AvgIpc) is 3.02. The van der Waals surface area contributed by atoms with Gasteiger partial charge in [-0.05, 0) is 42.8 Å². The molecule has 0 radical (unpaired) electrons. The van der Waals surface area contributed by atoms with Gasteiger partial charge >= 0.3 is 0 Å². The zero-order valence-electron chi connectivity index (χ0n) is 11.5. The molecule has 1 aliphatic rings. The fraction of sp³-hybridized carbons (Fsp3) is 0.250. The molecule has 22 heavy (non-hydrogen) atoms. The molecule has 0 aromatic heterocycles. The van der Waals surface area contributed by atoms with Crippen LogP contribution < -0.4 is 21.7 Å². The number of hydrazine groups is 2. The highest BCUT2D eigenvalue weighted by molar-refractivity contribution is 6.31. The van der Waals surface area contributed by atoms with Gasteiger partial charge in [-0.3, -0.25) is 5.84 Å². The fourth-order valence-corrected chi connectivity index (χ4v) is 2.35. The van der Waals surface area contributed by atoms with E-state index in [1.54, 1.807) is 12.1 Å². The molecule has 4 N–H and O–H groups in total. The van der Waals surface area contributed by atoms with Crippen LogP contribution in [0.2, 0.25) is 10.0 Å². The Hall–Kier alpha value is -1.46. The molecule has 0 aliphatic carbocycles. The molecule has 2 aromatic carbocycles. The van der Waals surface area contributed by atoms with Crippen LogP contribution in [0.25, 0.3) is 0 Å². The van der Waals surface area contributed by atoms with Gasteiger partial charge in [0.2, 0.25) is 0 Å². The topological polar surface area (TPSA) is 53.3 Å². The largest absolute Gasteiger partial charge is 0.324 e. The predicted octanol–water partition coefficient (Wildman–Crippen LogP) is 4.32. The smallest absolute Gasteiger partial charge is 0.0534 e. The second-order valence-electron chi connectivity index (χ2n) is 4.55. The molecule has 120 valence electrons. The zero-order valence-corrected chi connectivity index (χ0v) is 13.0. The Balaban J connectivity index is 0.000000219. The lowest BCUT2D eigenvalue weighted by Crippen LogP contribution is -2.30. The van der Waals surface area contributed by atoms with Crippen LogP contribution >= 0.6 is 23.2 Å². The molecule has 0 saturated carbocycles. The minimum Gasteiger partial charge on any atom is -0.324 e. The Bertz CT molecular complexity index is 572. The molecule has 2 aromatic rings. The minimum absolute atomic E-state index is 0. The maximum absolute atomic E-state index is 5.87. The van der Waals surface area contributed by atoms with Crippen LogP contribution in [0.3, 0.4) is 0 Å². The number of halogens is 2. The second-order valence-corrected chi connectivity index (χ2v) is 5.42. The SMILES string of the molecule is C.Clc1cccc(N2CCCN2)c1.NNc1cccc(Cl)c1. The quantitative estimate of drug-likeness (QED) is 0.563. The van der Waals surface area contributed by atoms with Crippen molar-refractivity contribution in [1.82, 2.24) is 5.43 Å². The van der Waals surface area contributed by atoms with E-state index in [1.807, 2.05) is 30.3 Å². The summed E-state index contributed by atoms with van der Waals surface area (Å²) in [5.74, 6) is 5.11. The summed E-state index contributed by atoms with van der Waals surface area (Å²) in [6, 6.07) is 15.1. The molecule has 0 atom stereocenters. The number of nitrogens with one attached hydrogen (secondary N) is 2. The summed E-state index contributed by atoms with van der Waals surface area (Å²) in [5.41, 5.74) is 7.73. The van der Waals surface area contributed by atoms with Crippen LogP contribution in [0.15, 0.2) is 48.5 Å². The van der Waals surface area contributed by atoms with E-state index < -0.39 is 0 Å². The van der Waals surface area contributed by atoms with Gasteiger partial charge in [-0.2, -0.15) is 0 Å². The van der Waals surface area contributed by atoms with E-state index in [9.17, 15) is 0 Å². The zero-order chi connectivity index (χ0) is 15.1. The third kappa shape index (κ3) is 5.73. The van der Waals surface area contributed by atoms with Gasteiger partial charge in [0.15, 0.2) is 0 Å². The first-order chi connectivity index (χ1) is 10.2. The van der Waals surface area contributed by atoms with Gasteiger partial charge < -0.3 is 10.4 Å². The summed E-state index contributed by atoms with van der Waals surface area (Å²) < 4.78 is 0. The number of hydrogen-bond acceptors (Lipinski definition) is 4. The number of nitrogen functional groups attached to an aromatic ring is 1. The Morgan fingerprint density at radius 2 is 1.73 bits per heavy atom. The van der Waals surface area contributed by atoms with Gasteiger partial charge in [-0.1, -0.05) is 42.8 Å². The number of anilines is 2. The van der Waals surface area contributed by atoms with E-state index >= 15 is 0 Å². The number of hydrogen-bond donors (Lipinski definition) is 3. The summed E-state index contributed by atoms with van der Waals surface area (Å²) in [6.45, 7) is 2.13. The Kier molecular flexibility index (Phi) is 8.06. The molecular weight excluding hydrogens is 319 g/mol. The first kappa shape index (κ1) is 18.6. The number of rotatable bonds is 2. The maximum atomic E-state index is 5.87.